The van der Waals surface area contributed by atoms with Gasteiger partial charge >= 0.3 is 11.9 Å². The lowest BCUT2D eigenvalue weighted by molar-refractivity contribution is 0.0677. The van der Waals surface area contributed by atoms with Gasteiger partial charge in [0.05, 0.1) is 11.1 Å². The highest BCUT2D eigenvalue weighted by Gasteiger charge is 2.26. The molecule has 0 bridgehead atoms. The lowest BCUT2D eigenvalue weighted by Crippen LogP contribution is -2.17. The lowest BCUT2D eigenvalue weighted by atomic mass is 9.90. The Kier molecular flexibility index (Phi) is 6.66. The first kappa shape index (κ1) is 22.1. The monoisotopic (exact) mass is 626 g/mol. The fourth-order valence-electron chi connectivity index (χ4n) is 2.84. The van der Waals surface area contributed by atoms with Crippen LogP contribution < -0.4 is 0 Å². The van der Waals surface area contributed by atoms with Crippen LogP contribution in [0.4, 0.5) is 0 Å². The van der Waals surface area contributed by atoms with Crippen molar-refractivity contribution in [2.24, 2.45) is 0 Å². The van der Waals surface area contributed by atoms with E-state index in [-0.39, 0.29) is 22.3 Å². The summed E-state index contributed by atoms with van der Waals surface area (Å²) in [4.78, 5) is 49.5. The Hall–Kier alpha value is -2.60. The fraction of sp³-hybridized carbons (Fsp3) is 0. The predicted molar refractivity (Wildman–Crippen MR) is 126 cm³/mol. The highest BCUT2D eigenvalue weighted by atomic mass is 127. The lowest BCUT2D eigenvalue weighted by Gasteiger charge is -2.12. The predicted octanol–water partition coefficient (Wildman–Crippen LogP) is 4.75. The van der Waals surface area contributed by atoms with Gasteiger partial charge in [0.25, 0.3) is 0 Å². The third-order valence-electron chi connectivity index (χ3n) is 4.32. The number of carboxylic acids is 2. The number of rotatable bonds is 6. The number of carbonyl (C=O) groups excluding carboxylic acids is 2. The van der Waals surface area contributed by atoms with Crippen molar-refractivity contribution in [2.45, 2.75) is 0 Å². The molecule has 8 heteroatoms. The summed E-state index contributed by atoms with van der Waals surface area (Å²) in [6.07, 6.45) is 0. The summed E-state index contributed by atoms with van der Waals surface area (Å²) in [5.74, 6) is -4.14. The molecule has 3 rings (SSSR count). The zero-order chi connectivity index (χ0) is 22.0. The molecule has 0 atom stereocenters. The van der Waals surface area contributed by atoms with Crippen molar-refractivity contribution in [3.05, 3.63) is 101 Å². The van der Waals surface area contributed by atoms with Gasteiger partial charge in [0.15, 0.2) is 11.6 Å². The minimum Gasteiger partial charge on any atom is -0.478 e. The number of benzene rings is 3. The van der Waals surface area contributed by atoms with Gasteiger partial charge < -0.3 is 10.2 Å². The Bertz CT molecular complexity index is 1090. The topological polar surface area (TPSA) is 109 Å². The Balaban J connectivity index is 2.19. The summed E-state index contributed by atoms with van der Waals surface area (Å²) in [5.41, 5.74) is -1.02. The first-order valence-corrected chi connectivity index (χ1v) is 10.6. The Morgan fingerprint density at radius 1 is 0.533 bits per heavy atom. The van der Waals surface area contributed by atoms with Crippen LogP contribution in [-0.2, 0) is 0 Å². The standard InChI is InChI=1S/C22H12I2O6/c23-13-5-1-11(2-6-13)19(25)15-9-18(22(29)30)16(10-17(15)21(27)28)20(26)12-3-7-14(24)8-4-12/h1-10H,(H,27,28)(H,29,30). The molecule has 0 unspecified atom stereocenters. The van der Waals surface area contributed by atoms with Crippen molar-refractivity contribution >= 4 is 68.7 Å². The second kappa shape index (κ2) is 9.04. The molecule has 0 aliphatic rings. The largest absolute Gasteiger partial charge is 0.478 e. The maximum absolute atomic E-state index is 12.9. The van der Waals surface area contributed by atoms with Crippen molar-refractivity contribution in [3.63, 3.8) is 0 Å². The molecule has 0 amide bonds. The minimum atomic E-state index is -1.43. The second-order valence-electron chi connectivity index (χ2n) is 6.23. The normalized spacial score (nSPS) is 10.5. The molecule has 3 aromatic carbocycles. The van der Waals surface area contributed by atoms with Gasteiger partial charge in [0.1, 0.15) is 0 Å². The molecule has 0 fully saturated rings. The summed E-state index contributed by atoms with van der Waals surface area (Å²) in [7, 11) is 0. The first-order valence-electron chi connectivity index (χ1n) is 8.44. The molecule has 150 valence electrons. The van der Waals surface area contributed by atoms with Crippen LogP contribution in [0.2, 0.25) is 0 Å². The third kappa shape index (κ3) is 4.59. The van der Waals surface area contributed by atoms with Gasteiger partial charge in [0, 0.05) is 29.4 Å². The van der Waals surface area contributed by atoms with E-state index in [9.17, 15) is 29.4 Å². The Morgan fingerprint density at radius 2 is 0.833 bits per heavy atom. The van der Waals surface area contributed by atoms with Gasteiger partial charge in [-0.1, -0.05) is 0 Å². The van der Waals surface area contributed by atoms with Crippen LogP contribution >= 0.6 is 45.2 Å². The van der Waals surface area contributed by atoms with Crippen LogP contribution in [0.25, 0.3) is 0 Å². The molecule has 0 saturated carbocycles. The molecule has 3 aromatic rings. The number of carbonyl (C=O) groups is 4. The number of ketones is 2. The van der Waals surface area contributed by atoms with Gasteiger partial charge in [-0.2, -0.15) is 0 Å². The Morgan fingerprint density at radius 3 is 1.10 bits per heavy atom. The molecule has 6 nitrogen and oxygen atoms in total. The van der Waals surface area contributed by atoms with Crippen molar-refractivity contribution < 1.29 is 29.4 Å². The van der Waals surface area contributed by atoms with E-state index in [0.717, 1.165) is 19.3 Å². The van der Waals surface area contributed by atoms with Crippen LogP contribution in [0.3, 0.4) is 0 Å². The van der Waals surface area contributed by atoms with Crippen molar-refractivity contribution in [3.8, 4) is 0 Å². The van der Waals surface area contributed by atoms with E-state index in [2.05, 4.69) is 45.2 Å². The molecule has 30 heavy (non-hydrogen) atoms. The van der Waals surface area contributed by atoms with Gasteiger partial charge in [-0.25, -0.2) is 9.59 Å². The van der Waals surface area contributed by atoms with E-state index >= 15 is 0 Å². The molecule has 0 spiro atoms. The Labute approximate surface area is 198 Å². The maximum Gasteiger partial charge on any atom is 0.336 e. The smallest absolute Gasteiger partial charge is 0.336 e. The number of hydrogen-bond acceptors (Lipinski definition) is 4. The average molecular weight is 626 g/mol. The quantitative estimate of drug-likeness (QED) is 0.302. The molecule has 0 saturated heterocycles. The molecule has 0 aliphatic carbocycles. The molecule has 2 N–H and O–H groups in total. The van der Waals surface area contributed by atoms with Crippen molar-refractivity contribution in [1.29, 1.82) is 0 Å². The van der Waals surface area contributed by atoms with E-state index in [1.807, 2.05) is 0 Å². The molecular weight excluding hydrogens is 614 g/mol. The zero-order valence-electron chi connectivity index (χ0n) is 15.1. The van der Waals surface area contributed by atoms with Crippen molar-refractivity contribution in [2.75, 3.05) is 0 Å². The molecule has 0 aliphatic heterocycles. The SMILES string of the molecule is O=C(O)c1cc(C(=O)c2ccc(I)cc2)c(C(=O)O)cc1C(=O)c1ccc(I)cc1. The van der Waals surface area contributed by atoms with Gasteiger partial charge in [-0.05, 0) is 106 Å². The van der Waals surface area contributed by atoms with E-state index < -0.39 is 34.6 Å². The molecule has 0 aromatic heterocycles. The van der Waals surface area contributed by atoms with Gasteiger partial charge in [-0.15, -0.1) is 0 Å². The van der Waals surface area contributed by atoms with Crippen molar-refractivity contribution in [1.82, 2.24) is 0 Å². The van der Waals surface area contributed by atoms with E-state index in [4.69, 9.17) is 0 Å². The fourth-order valence-corrected chi connectivity index (χ4v) is 3.56. The summed E-state index contributed by atoms with van der Waals surface area (Å²) >= 11 is 4.13. The van der Waals surface area contributed by atoms with E-state index in [1.165, 1.54) is 24.3 Å². The van der Waals surface area contributed by atoms with Gasteiger partial charge in [0.2, 0.25) is 0 Å². The number of hydrogen-bond donors (Lipinski definition) is 2. The van der Waals surface area contributed by atoms with Crippen LogP contribution in [0.15, 0.2) is 60.7 Å². The summed E-state index contributed by atoms with van der Waals surface area (Å²) < 4.78 is 1.76. The molecular formula is C22H12I2O6. The van der Waals surface area contributed by atoms with Crippen LogP contribution in [0.1, 0.15) is 52.6 Å². The zero-order valence-corrected chi connectivity index (χ0v) is 19.4. The number of aromatic carboxylic acids is 2. The number of carboxylic acid groups (broad SMARTS) is 2. The van der Waals surface area contributed by atoms with Gasteiger partial charge in [-0.3, -0.25) is 9.59 Å². The molecule has 0 heterocycles. The van der Waals surface area contributed by atoms with E-state index in [1.54, 1.807) is 24.3 Å². The molecule has 0 radical (unpaired) electrons. The minimum absolute atomic E-state index is 0.214. The average Bonchev–Trinajstić information content (AvgIpc) is 2.72. The van der Waals surface area contributed by atoms with Crippen LogP contribution in [0, 0.1) is 7.14 Å². The number of halogens is 2. The summed E-state index contributed by atoms with van der Waals surface area (Å²) in [5, 5.41) is 19.3. The summed E-state index contributed by atoms with van der Waals surface area (Å²) in [6.45, 7) is 0. The third-order valence-corrected chi connectivity index (χ3v) is 5.76. The van der Waals surface area contributed by atoms with E-state index in [0.29, 0.717) is 0 Å². The second-order valence-corrected chi connectivity index (χ2v) is 8.72. The highest BCUT2D eigenvalue weighted by molar-refractivity contribution is 14.1. The summed E-state index contributed by atoms with van der Waals surface area (Å²) in [6, 6.07) is 14.8. The maximum atomic E-state index is 12.9. The highest BCUT2D eigenvalue weighted by Crippen LogP contribution is 2.24. The van der Waals surface area contributed by atoms with Crippen LogP contribution in [0.5, 0.6) is 0 Å². The van der Waals surface area contributed by atoms with Crippen LogP contribution in [-0.4, -0.2) is 33.7 Å². The first-order chi connectivity index (χ1) is 14.2.